The number of benzene rings is 1. The molecule has 1 saturated heterocycles. The van der Waals surface area contributed by atoms with Gasteiger partial charge in [-0.3, -0.25) is 9.69 Å². The zero-order valence-corrected chi connectivity index (χ0v) is 14.8. The van der Waals surface area contributed by atoms with E-state index < -0.39 is 0 Å². The van der Waals surface area contributed by atoms with Crippen molar-refractivity contribution in [3.8, 4) is 0 Å². The monoisotopic (exact) mass is 368 g/mol. The van der Waals surface area contributed by atoms with Gasteiger partial charge in [0.15, 0.2) is 5.82 Å². The maximum absolute atomic E-state index is 12.6. The molecular formula is C16H18Cl2N4O2. The van der Waals surface area contributed by atoms with Crippen LogP contribution in [0.3, 0.4) is 0 Å². The number of hydrogen-bond acceptors (Lipinski definition) is 5. The molecule has 128 valence electrons. The van der Waals surface area contributed by atoms with Gasteiger partial charge in [-0.2, -0.15) is 4.98 Å². The molecule has 0 radical (unpaired) electrons. The highest BCUT2D eigenvalue weighted by molar-refractivity contribution is 6.36. The Labute approximate surface area is 150 Å². The van der Waals surface area contributed by atoms with Crippen molar-refractivity contribution in [1.82, 2.24) is 19.9 Å². The van der Waals surface area contributed by atoms with Crippen LogP contribution in [0.2, 0.25) is 10.0 Å². The second-order valence-electron chi connectivity index (χ2n) is 5.65. The molecule has 24 heavy (non-hydrogen) atoms. The smallest absolute Gasteiger partial charge is 0.255 e. The Morgan fingerprint density at radius 3 is 2.62 bits per heavy atom. The Kier molecular flexibility index (Phi) is 5.38. The normalized spacial score (nSPS) is 15.7. The predicted octanol–water partition coefficient (Wildman–Crippen LogP) is 2.90. The summed E-state index contributed by atoms with van der Waals surface area (Å²) in [5.41, 5.74) is 0.485. The summed E-state index contributed by atoms with van der Waals surface area (Å²) in [5, 5.41) is 4.80. The third-order valence-electron chi connectivity index (χ3n) is 4.01. The van der Waals surface area contributed by atoms with E-state index in [2.05, 4.69) is 15.0 Å². The van der Waals surface area contributed by atoms with Gasteiger partial charge in [-0.05, 0) is 18.2 Å². The van der Waals surface area contributed by atoms with E-state index in [1.807, 2.05) is 6.92 Å². The number of carbonyl (C=O) groups excluding carboxylic acids is 1. The van der Waals surface area contributed by atoms with Gasteiger partial charge in [-0.15, -0.1) is 0 Å². The Bertz CT molecular complexity index is 727. The quantitative estimate of drug-likeness (QED) is 0.829. The number of carbonyl (C=O) groups is 1. The fraction of sp³-hybridized carbons (Fsp3) is 0.438. The molecule has 1 aliphatic rings. The molecule has 0 N–H and O–H groups in total. The Morgan fingerprint density at radius 2 is 2.00 bits per heavy atom. The second-order valence-corrected chi connectivity index (χ2v) is 6.49. The summed E-state index contributed by atoms with van der Waals surface area (Å²) < 4.78 is 5.22. The van der Waals surface area contributed by atoms with Gasteiger partial charge >= 0.3 is 0 Å². The molecular weight excluding hydrogens is 351 g/mol. The van der Waals surface area contributed by atoms with Crippen LogP contribution in [0.15, 0.2) is 22.7 Å². The lowest BCUT2D eigenvalue weighted by molar-refractivity contribution is 0.0615. The fourth-order valence-corrected chi connectivity index (χ4v) is 3.12. The molecule has 2 aromatic rings. The minimum atomic E-state index is -0.0672. The van der Waals surface area contributed by atoms with E-state index in [4.69, 9.17) is 27.7 Å². The summed E-state index contributed by atoms with van der Waals surface area (Å²) in [6, 6.07) is 4.94. The van der Waals surface area contributed by atoms with Crippen LogP contribution < -0.4 is 0 Å². The van der Waals surface area contributed by atoms with E-state index in [9.17, 15) is 4.79 Å². The lowest BCUT2D eigenvalue weighted by Gasteiger charge is -2.34. The number of nitrogens with zero attached hydrogens (tertiary/aromatic N) is 4. The van der Waals surface area contributed by atoms with Crippen molar-refractivity contribution < 1.29 is 9.32 Å². The summed E-state index contributed by atoms with van der Waals surface area (Å²) >= 11 is 12.0. The molecule has 2 heterocycles. The number of hydrogen-bond donors (Lipinski definition) is 0. The van der Waals surface area contributed by atoms with E-state index in [1.54, 1.807) is 23.1 Å². The average molecular weight is 369 g/mol. The van der Waals surface area contributed by atoms with Crippen molar-refractivity contribution in [3.05, 3.63) is 45.5 Å². The van der Waals surface area contributed by atoms with Crippen LogP contribution in [0, 0.1) is 0 Å². The highest BCUT2D eigenvalue weighted by Crippen LogP contribution is 2.23. The zero-order valence-electron chi connectivity index (χ0n) is 13.3. The topological polar surface area (TPSA) is 62.5 Å². The molecule has 1 aromatic carbocycles. The van der Waals surface area contributed by atoms with Crippen LogP contribution in [0.1, 0.15) is 29.0 Å². The minimum Gasteiger partial charge on any atom is -0.338 e. The van der Waals surface area contributed by atoms with Gasteiger partial charge in [0.05, 0.1) is 17.1 Å². The van der Waals surface area contributed by atoms with E-state index in [0.29, 0.717) is 41.1 Å². The molecule has 3 rings (SSSR count). The first kappa shape index (κ1) is 17.2. The van der Waals surface area contributed by atoms with Crippen LogP contribution in [0.4, 0.5) is 0 Å². The third-order valence-corrected chi connectivity index (χ3v) is 4.55. The lowest BCUT2D eigenvalue weighted by atomic mass is 10.2. The highest BCUT2D eigenvalue weighted by Gasteiger charge is 2.24. The van der Waals surface area contributed by atoms with Crippen molar-refractivity contribution >= 4 is 29.1 Å². The van der Waals surface area contributed by atoms with Gasteiger partial charge in [-0.1, -0.05) is 35.3 Å². The SMILES string of the molecule is CCc1noc(CN2CCN(C(=O)c3ccc(Cl)cc3Cl)CC2)n1. The van der Waals surface area contributed by atoms with Gasteiger partial charge in [-0.25, -0.2) is 0 Å². The standard InChI is InChI=1S/C16H18Cl2N4O2/c1-2-14-19-15(24-20-14)10-21-5-7-22(8-6-21)16(23)12-4-3-11(17)9-13(12)18/h3-4,9H,2,5-8,10H2,1H3. The summed E-state index contributed by atoms with van der Waals surface area (Å²) in [5.74, 6) is 1.27. The Morgan fingerprint density at radius 1 is 1.25 bits per heavy atom. The predicted molar refractivity (Wildman–Crippen MR) is 91.3 cm³/mol. The minimum absolute atomic E-state index is 0.0672. The van der Waals surface area contributed by atoms with Gasteiger partial charge in [0, 0.05) is 37.6 Å². The molecule has 1 amide bonds. The number of aromatic nitrogens is 2. The molecule has 1 aromatic heterocycles. The van der Waals surface area contributed by atoms with Crippen molar-refractivity contribution in [2.75, 3.05) is 26.2 Å². The number of piperazine rings is 1. The van der Waals surface area contributed by atoms with Crippen molar-refractivity contribution in [2.45, 2.75) is 19.9 Å². The maximum Gasteiger partial charge on any atom is 0.255 e. The van der Waals surface area contributed by atoms with Crippen LogP contribution >= 0.6 is 23.2 Å². The first-order chi connectivity index (χ1) is 11.6. The first-order valence-electron chi connectivity index (χ1n) is 7.85. The number of aryl methyl sites for hydroxylation is 1. The maximum atomic E-state index is 12.6. The lowest BCUT2D eigenvalue weighted by Crippen LogP contribution is -2.48. The average Bonchev–Trinajstić information content (AvgIpc) is 3.03. The Hall–Kier alpha value is -1.63. The number of rotatable bonds is 4. The van der Waals surface area contributed by atoms with Crippen LogP contribution in [-0.2, 0) is 13.0 Å². The van der Waals surface area contributed by atoms with Gasteiger partial charge in [0.2, 0.25) is 5.89 Å². The summed E-state index contributed by atoms with van der Waals surface area (Å²) in [6.07, 6.45) is 0.758. The first-order valence-corrected chi connectivity index (χ1v) is 8.60. The van der Waals surface area contributed by atoms with Crippen molar-refractivity contribution in [2.24, 2.45) is 0 Å². The molecule has 0 unspecified atom stereocenters. The van der Waals surface area contributed by atoms with Crippen LogP contribution in [-0.4, -0.2) is 52.0 Å². The fourth-order valence-electron chi connectivity index (χ4n) is 2.63. The molecule has 0 saturated carbocycles. The third kappa shape index (κ3) is 3.88. The molecule has 1 fully saturated rings. The van der Waals surface area contributed by atoms with Gasteiger partial charge < -0.3 is 9.42 Å². The van der Waals surface area contributed by atoms with E-state index >= 15 is 0 Å². The van der Waals surface area contributed by atoms with Crippen molar-refractivity contribution in [1.29, 1.82) is 0 Å². The molecule has 6 nitrogen and oxygen atoms in total. The number of halogens is 2. The van der Waals surface area contributed by atoms with Crippen LogP contribution in [0.25, 0.3) is 0 Å². The van der Waals surface area contributed by atoms with E-state index in [0.717, 1.165) is 25.3 Å². The zero-order chi connectivity index (χ0) is 17.1. The van der Waals surface area contributed by atoms with Crippen molar-refractivity contribution in [3.63, 3.8) is 0 Å². The van der Waals surface area contributed by atoms with E-state index in [1.165, 1.54) is 0 Å². The molecule has 0 aliphatic carbocycles. The molecule has 8 heteroatoms. The summed E-state index contributed by atoms with van der Waals surface area (Å²) in [6.45, 7) is 5.36. The molecule has 0 spiro atoms. The largest absolute Gasteiger partial charge is 0.338 e. The molecule has 1 aliphatic heterocycles. The van der Waals surface area contributed by atoms with Gasteiger partial charge in [0.25, 0.3) is 5.91 Å². The second kappa shape index (κ2) is 7.51. The summed E-state index contributed by atoms with van der Waals surface area (Å²) in [4.78, 5) is 20.9. The summed E-state index contributed by atoms with van der Waals surface area (Å²) in [7, 11) is 0. The van der Waals surface area contributed by atoms with Crippen LogP contribution in [0.5, 0.6) is 0 Å². The number of amides is 1. The molecule has 0 bridgehead atoms. The molecule has 0 atom stereocenters. The van der Waals surface area contributed by atoms with E-state index in [-0.39, 0.29) is 5.91 Å². The Balaban J connectivity index is 1.57. The van der Waals surface area contributed by atoms with Gasteiger partial charge in [0.1, 0.15) is 0 Å². The highest BCUT2D eigenvalue weighted by atomic mass is 35.5.